The van der Waals surface area contributed by atoms with Crippen molar-refractivity contribution in [2.75, 3.05) is 13.2 Å². The third-order valence-electron chi connectivity index (χ3n) is 15.7. The highest BCUT2D eigenvalue weighted by molar-refractivity contribution is 5.71. The van der Waals surface area contributed by atoms with Crippen molar-refractivity contribution in [3.8, 4) is 0 Å². The lowest BCUT2D eigenvalue weighted by molar-refractivity contribution is -0.167. The quantitative estimate of drug-likeness (QED) is 0.0264. The standard InChI is InChI=1S/C57H98O13/c1-4-7-8-9-14-21-28-41(58)29-22-15-10-11-18-25-32-55(59)62-39-42(64-57(61)34-27-20-13-17-24-31-46-50(68-46)38-54-52(70-54)36-48-44(6-3)66-48)40-63-56(60)33-26-19-12-16-23-30-45-49(67-45)37-53-51(69-53)35-47-43(5-2)65-47/h41-54,58H,4-40H2,1-3H3. The fourth-order valence-electron chi connectivity index (χ4n) is 10.7. The first-order chi connectivity index (χ1) is 34.2. The van der Waals surface area contributed by atoms with Gasteiger partial charge in [0.2, 0.25) is 0 Å². The first kappa shape index (κ1) is 57.4. The van der Waals surface area contributed by atoms with Gasteiger partial charge in [0.1, 0.15) is 13.2 Å². The highest BCUT2D eigenvalue weighted by atomic mass is 16.6. The van der Waals surface area contributed by atoms with Gasteiger partial charge in [-0.3, -0.25) is 14.4 Å². The molecular weight excluding hydrogens is 893 g/mol. The molecule has 70 heavy (non-hydrogen) atoms. The van der Waals surface area contributed by atoms with Crippen molar-refractivity contribution in [1.82, 2.24) is 0 Å². The second-order valence-corrected chi connectivity index (χ2v) is 22.0. The Morgan fingerprint density at radius 3 is 1.10 bits per heavy atom. The summed E-state index contributed by atoms with van der Waals surface area (Å²) in [6.07, 6.45) is 37.9. The molecule has 13 nitrogen and oxygen atoms in total. The second-order valence-electron chi connectivity index (χ2n) is 22.0. The number of carbonyl (C=O) groups excluding carboxylic acids is 3. The molecule has 0 aromatic carbocycles. The topological polar surface area (TPSA) is 174 Å². The lowest BCUT2D eigenvalue weighted by Crippen LogP contribution is -2.30. The van der Waals surface area contributed by atoms with Crippen LogP contribution in [-0.4, -0.2) is 122 Å². The Hall–Kier alpha value is -1.87. The van der Waals surface area contributed by atoms with E-state index in [2.05, 4.69) is 20.8 Å². The van der Waals surface area contributed by atoms with Crippen LogP contribution in [0.5, 0.6) is 0 Å². The van der Waals surface area contributed by atoms with Gasteiger partial charge >= 0.3 is 17.9 Å². The number of unbranched alkanes of at least 4 members (excludes halogenated alkanes) is 18. The highest BCUT2D eigenvalue weighted by Gasteiger charge is 2.52. The molecule has 0 aromatic rings. The van der Waals surface area contributed by atoms with Crippen LogP contribution in [-0.2, 0) is 57.0 Å². The van der Waals surface area contributed by atoms with Gasteiger partial charge in [-0.2, -0.15) is 0 Å². The number of esters is 3. The van der Waals surface area contributed by atoms with Crippen LogP contribution in [0.2, 0.25) is 0 Å². The Labute approximate surface area is 422 Å². The summed E-state index contributed by atoms with van der Waals surface area (Å²) in [4.78, 5) is 38.4. The van der Waals surface area contributed by atoms with E-state index >= 15 is 0 Å². The van der Waals surface area contributed by atoms with E-state index in [9.17, 15) is 19.5 Å². The summed E-state index contributed by atoms with van der Waals surface area (Å²) in [6.45, 7) is 6.32. The maximum atomic E-state index is 12.9. The fourth-order valence-corrected chi connectivity index (χ4v) is 10.7. The fraction of sp³-hybridized carbons (Fsp3) is 0.947. The zero-order valence-electron chi connectivity index (χ0n) is 44.1. The zero-order chi connectivity index (χ0) is 49.3. The summed E-state index contributed by atoms with van der Waals surface area (Å²) in [7, 11) is 0. The third-order valence-corrected chi connectivity index (χ3v) is 15.7. The molecule has 1 N–H and O–H groups in total. The third kappa shape index (κ3) is 24.4. The van der Waals surface area contributed by atoms with Gasteiger partial charge in [0.15, 0.2) is 6.10 Å². The minimum Gasteiger partial charge on any atom is -0.462 e. The van der Waals surface area contributed by atoms with E-state index in [1.54, 1.807) is 0 Å². The van der Waals surface area contributed by atoms with E-state index < -0.39 is 6.10 Å². The van der Waals surface area contributed by atoms with Gasteiger partial charge in [-0.15, -0.1) is 0 Å². The molecule has 0 radical (unpaired) electrons. The molecule has 0 bridgehead atoms. The van der Waals surface area contributed by atoms with Crippen LogP contribution in [0.1, 0.15) is 245 Å². The predicted octanol–water partition coefficient (Wildman–Crippen LogP) is 11.7. The minimum atomic E-state index is -0.832. The summed E-state index contributed by atoms with van der Waals surface area (Å²) in [5, 5.41) is 10.3. The predicted molar refractivity (Wildman–Crippen MR) is 268 cm³/mol. The van der Waals surface area contributed by atoms with Gasteiger partial charge < -0.3 is 47.7 Å². The molecule has 6 fully saturated rings. The highest BCUT2D eigenvalue weighted by Crippen LogP contribution is 2.43. The van der Waals surface area contributed by atoms with Gasteiger partial charge in [-0.25, -0.2) is 0 Å². The number of aliphatic hydroxyl groups is 1. The van der Waals surface area contributed by atoms with E-state index in [1.807, 2.05) is 0 Å². The molecule has 14 unspecified atom stereocenters. The van der Waals surface area contributed by atoms with E-state index in [0.717, 1.165) is 173 Å². The Morgan fingerprint density at radius 1 is 0.386 bits per heavy atom. The van der Waals surface area contributed by atoms with Gasteiger partial charge in [0.25, 0.3) is 0 Å². The van der Waals surface area contributed by atoms with Crippen molar-refractivity contribution >= 4 is 17.9 Å². The van der Waals surface area contributed by atoms with Gasteiger partial charge in [-0.1, -0.05) is 143 Å². The first-order valence-electron chi connectivity index (χ1n) is 29.3. The summed E-state index contributed by atoms with van der Waals surface area (Å²) < 4.78 is 51.8. The molecular formula is C57H98O13. The molecule has 0 spiro atoms. The molecule has 6 aliphatic rings. The minimum absolute atomic E-state index is 0.125. The number of hydrogen-bond donors (Lipinski definition) is 1. The van der Waals surface area contributed by atoms with Crippen molar-refractivity contribution in [3.05, 3.63) is 0 Å². The largest absolute Gasteiger partial charge is 0.462 e. The SMILES string of the molecule is CCCCCCCCC(O)CCCCCCCCC(=O)OCC(COC(=O)CCCCCCCC1OC1CC1OC1CC1OC1CC)OC(=O)CCCCCCCC1OC1CC1OC1CC1OC1CC. The Morgan fingerprint density at radius 2 is 0.700 bits per heavy atom. The smallest absolute Gasteiger partial charge is 0.306 e. The zero-order valence-corrected chi connectivity index (χ0v) is 44.1. The van der Waals surface area contributed by atoms with Crippen molar-refractivity contribution in [1.29, 1.82) is 0 Å². The average molecular weight is 991 g/mol. The number of hydrogen-bond acceptors (Lipinski definition) is 13. The molecule has 14 atom stereocenters. The van der Waals surface area contributed by atoms with Crippen LogP contribution < -0.4 is 0 Å². The van der Waals surface area contributed by atoms with E-state index in [4.69, 9.17) is 42.6 Å². The van der Waals surface area contributed by atoms with Crippen LogP contribution in [0.3, 0.4) is 0 Å². The van der Waals surface area contributed by atoms with Crippen molar-refractivity contribution < 1.29 is 62.1 Å². The Balaban J connectivity index is 0.762. The van der Waals surface area contributed by atoms with Gasteiger partial charge in [-0.05, 0) is 57.8 Å². The molecule has 6 saturated heterocycles. The summed E-state index contributed by atoms with van der Waals surface area (Å²) in [6, 6.07) is 0. The molecule has 13 heteroatoms. The number of aliphatic hydroxyl groups excluding tert-OH is 1. The summed E-state index contributed by atoms with van der Waals surface area (Å²) in [5.74, 6) is -1.01. The molecule has 6 rings (SSSR count). The van der Waals surface area contributed by atoms with Crippen LogP contribution >= 0.6 is 0 Å². The van der Waals surface area contributed by atoms with Crippen LogP contribution in [0, 0.1) is 0 Å². The van der Waals surface area contributed by atoms with E-state index in [-0.39, 0.29) is 43.6 Å². The number of rotatable bonds is 47. The average Bonchev–Trinajstić information content (AvgIpc) is 4.10. The molecule has 0 aliphatic carbocycles. The number of carbonyl (C=O) groups is 3. The van der Waals surface area contributed by atoms with E-state index in [1.165, 1.54) is 32.1 Å². The summed E-state index contributed by atoms with van der Waals surface area (Å²) >= 11 is 0. The lowest BCUT2D eigenvalue weighted by Gasteiger charge is -2.18. The Bertz CT molecular complexity index is 1460. The van der Waals surface area contributed by atoms with Gasteiger partial charge in [0.05, 0.1) is 79.4 Å². The molecule has 0 amide bonds. The van der Waals surface area contributed by atoms with Gasteiger partial charge in [0, 0.05) is 44.9 Å². The van der Waals surface area contributed by atoms with Crippen LogP contribution in [0.15, 0.2) is 0 Å². The van der Waals surface area contributed by atoms with Crippen LogP contribution in [0.4, 0.5) is 0 Å². The maximum absolute atomic E-state index is 12.9. The first-order valence-corrected chi connectivity index (χ1v) is 29.3. The molecule has 0 saturated carbocycles. The maximum Gasteiger partial charge on any atom is 0.306 e. The second kappa shape index (κ2) is 32.4. The molecule has 6 heterocycles. The molecule has 6 aliphatic heterocycles. The molecule has 0 aromatic heterocycles. The number of ether oxygens (including phenoxy) is 9. The monoisotopic (exact) mass is 991 g/mol. The summed E-state index contributed by atoms with van der Waals surface area (Å²) in [5.41, 5.74) is 0. The van der Waals surface area contributed by atoms with Crippen molar-refractivity contribution in [2.24, 2.45) is 0 Å². The van der Waals surface area contributed by atoms with Crippen LogP contribution in [0.25, 0.3) is 0 Å². The van der Waals surface area contributed by atoms with Crippen molar-refractivity contribution in [3.63, 3.8) is 0 Å². The Kier molecular flexibility index (Phi) is 26.6. The van der Waals surface area contributed by atoms with Crippen molar-refractivity contribution in [2.45, 2.75) is 331 Å². The molecule has 404 valence electrons. The normalized spacial score (nSPS) is 29.8. The number of epoxide rings is 6. The lowest BCUT2D eigenvalue weighted by atomic mass is 10.0. The van der Waals surface area contributed by atoms with E-state index in [0.29, 0.717) is 86.1 Å².